The Morgan fingerprint density at radius 1 is 0.500 bits per heavy atom. The summed E-state index contributed by atoms with van der Waals surface area (Å²) >= 11 is 0. The van der Waals surface area contributed by atoms with Crippen LogP contribution in [-0.4, -0.2) is 28.4 Å². The zero-order valence-corrected chi connectivity index (χ0v) is 19.1. The second kappa shape index (κ2) is 9.72. The van der Waals surface area contributed by atoms with E-state index in [4.69, 9.17) is 18.9 Å². The summed E-state index contributed by atoms with van der Waals surface area (Å²) in [7, 11) is 6.71. The maximum atomic E-state index is 5.33. The molecule has 156 valence electrons. The molecule has 28 heavy (non-hydrogen) atoms. The van der Waals surface area contributed by atoms with Gasteiger partial charge in [-0.05, 0) is 40.7 Å². The lowest BCUT2D eigenvalue weighted by Gasteiger charge is -2.22. The summed E-state index contributed by atoms with van der Waals surface area (Å²) in [5.74, 6) is 3.50. The molecule has 2 aromatic rings. The molecule has 0 spiro atoms. The summed E-state index contributed by atoms with van der Waals surface area (Å²) in [6, 6.07) is 11.8. The van der Waals surface area contributed by atoms with Gasteiger partial charge in [-0.2, -0.15) is 0 Å². The van der Waals surface area contributed by atoms with Gasteiger partial charge in [0.1, 0.15) is 23.0 Å². The summed E-state index contributed by atoms with van der Waals surface area (Å²) in [5, 5.41) is 0. The molecule has 2 aromatic carbocycles. The fourth-order valence-electron chi connectivity index (χ4n) is 2.82. The molecule has 0 aromatic heterocycles. The average molecular weight is 389 g/mol. The van der Waals surface area contributed by atoms with Crippen molar-refractivity contribution in [3.8, 4) is 23.0 Å². The number of rotatable bonds is 4. The normalized spacial score (nSPS) is 11.2. The van der Waals surface area contributed by atoms with Gasteiger partial charge in [-0.1, -0.05) is 47.6 Å². The quantitative estimate of drug-likeness (QED) is 0.643. The summed E-state index contributed by atoms with van der Waals surface area (Å²) in [5.41, 5.74) is 2.53. The van der Waals surface area contributed by atoms with Crippen molar-refractivity contribution in [1.82, 2.24) is 0 Å². The third-order valence-electron chi connectivity index (χ3n) is 4.43. The highest BCUT2D eigenvalue weighted by atomic mass is 16.5. The first-order chi connectivity index (χ1) is 13.0. The topological polar surface area (TPSA) is 36.9 Å². The second-order valence-corrected chi connectivity index (χ2v) is 8.63. The van der Waals surface area contributed by atoms with Crippen LogP contribution in [0.5, 0.6) is 23.0 Å². The van der Waals surface area contributed by atoms with Crippen molar-refractivity contribution in [1.29, 1.82) is 0 Å². The first-order valence-corrected chi connectivity index (χ1v) is 9.43. The van der Waals surface area contributed by atoms with E-state index < -0.39 is 0 Å². The summed E-state index contributed by atoms with van der Waals surface area (Å²) in [4.78, 5) is 0. The standard InChI is InChI=1S/2C12H18O2/c1-12(2,3)10-8-9(13-4)6-7-11(10)14-5;1-12(2,3)10-7-6-9(13-4)8-11(10)14-5/h2*6-8H,1-5H3. The molecule has 0 aliphatic rings. The Hall–Kier alpha value is -2.36. The molecule has 4 heteroatoms. The highest BCUT2D eigenvalue weighted by molar-refractivity contribution is 5.44. The van der Waals surface area contributed by atoms with E-state index in [1.807, 2.05) is 30.3 Å². The first kappa shape index (κ1) is 23.7. The number of benzene rings is 2. The zero-order valence-electron chi connectivity index (χ0n) is 19.1. The van der Waals surface area contributed by atoms with Crippen molar-refractivity contribution in [3.05, 3.63) is 47.5 Å². The monoisotopic (exact) mass is 388 g/mol. The van der Waals surface area contributed by atoms with Crippen molar-refractivity contribution in [2.45, 2.75) is 52.4 Å². The lowest BCUT2D eigenvalue weighted by molar-refractivity contribution is 0.383. The molecule has 2 rings (SSSR count). The van der Waals surface area contributed by atoms with E-state index in [1.165, 1.54) is 11.1 Å². The van der Waals surface area contributed by atoms with E-state index in [-0.39, 0.29) is 10.8 Å². The lowest BCUT2D eigenvalue weighted by atomic mass is 9.86. The van der Waals surface area contributed by atoms with Crippen LogP contribution in [0.1, 0.15) is 52.7 Å². The minimum absolute atomic E-state index is 0.0693. The van der Waals surface area contributed by atoms with Gasteiger partial charge < -0.3 is 18.9 Å². The highest BCUT2D eigenvalue weighted by Crippen LogP contribution is 2.34. The van der Waals surface area contributed by atoms with E-state index in [0.717, 1.165) is 23.0 Å². The molecule has 0 fully saturated rings. The predicted molar refractivity (Wildman–Crippen MR) is 116 cm³/mol. The molecule has 0 N–H and O–H groups in total. The highest BCUT2D eigenvalue weighted by Gasteiger charge is 2.20. The van der Waals surface area contributed by atoms with Crippen LogP contribution in [0.2, 0.25) is 0 Å². The third-order valence-corrected chi connectivity index (χ3v) is 4.43. The van der Waals surface area contributed by atoms with Crippen LogP contribution in [0.3, 0.4) is 0 Å². The molecule has 0 amide bonds. The molecule has 4 nitrogen and oxygen atoms in total. The van der Waals surface area contributed by atoms with Crippen LogP contribution < -0.4 is 18.9 Å². The smallest absolute Gasteiger partial charge is 0.126 e. The Bertz CT molecular complexity index is 752. The molecule has 0 aliphatic carbocycles. The van der Waals surface area contributed by atoms with Gasteiger partial charge in [0.25, 0.3) is 0 Å². The third kappa shape index (κ3) is 6.36. The SMILES string of the molecule is COc1ccc(C(C)(C)C)c(OC)c1.COc1ccc(OC)c(C(C)(C)C)c1. The largest absolute Gasteiger partial charge is 0.497 e. The van der Waals surface area contributed by atoms with E-state index in [0.29, 0.717) is 0 Å². The Labute approximate surface area is 170 Å². The molecule has 0 saturated heterocycles. The second-order valence-electron chi connectivity index (χ2n) is 8.63. The Balaban J connectivity index is 0.000000280. The number of hydrogen-bond donors (Lipinski definition) is 0. The number of methoxy groups -OCH3 is 4. The Morgan fingerprint density at radius 3 is 1.39 bits per heavy atom. The van der Waals surface area contributed by atoms with Gasteiger partial charge in [-0.15, -0.1) is 0 Å². The molecular formula is C24H36O4. The summed E-state index contributed by atoms with van der Waals surface area (Å²) in [6.45, 7) is 13.0. The molecule has 0 bridgehead atoms. The molecular weight excluding hydrogens is 352 g/mol. The minimum atomic E-state index is 0.0693. The van der Waals surface area contributed by atoms with Crippen molar-refractivity contribution >= 4 is 0 Å². The van der Waals surface area contributed by atoms with Crippen LogP contribution in [0.4, 0.5) is 0 Å². The van der Waals surface area contributed by atoms with E-state index in [9.17, 15) is 0 Å². The molecule has 0 heterocycles. The summed E-state index contributed by atoms with van der Waals surface area (Å²) in [6.07, 6.45) is 0. The van der Waals surface area contributed by atoms with Gasteiger partial charge in [0.15, 0.2) is 0 Å². The Morgan fingerprint density at radius 2 is 0.964 bits per heavy atom. The van der Waals surface area contributed by atoms with Gasteiger partial charge >= 0.3 is 0 Å². The van der Waals surface area contributed by atoms with Crippen LogP contribution in [-0.2, 0) is 10.8 Å². The van der Waals surface area contributed by atoms with Gasteiger partial charge in [0.2, 0.25) is 0 Å². The van der Waals surface area contributed by atoms with Crippen LogP contribution >= 0.6 is 0 Å². The van der Waals surface area contributed by atoms with Crippen LogP contribution in [0, 0.1) is 0 Å². The number of ether oxygens (including phenoxy) is 4. The van der Waals surface area contributed by atoms with Crippen molar-refractivity contribution in [2.75, 3.05) is 28.4 Å². The predicted octanol–water partition coefficient (Wildman–Crippen LogP) is 6.00. The van der Waals surface area contributed by atoms with E-state index in [1.54, 1.807) is 28.4 Å². The molecule has 0 aliphatic heterocycles. The van der Waals surface area contributed by atoms with Crippen molar-refractivity contribution in [3.63, 3.8) is 0 Å². The van der Waals surface area contributed by atoms with Crippen molar-refractivity contribution < 1.29 is 18.9 Å². The molecule has 0 unspecified atom stereocenters. The van der Waals surface area contributed by atoms with Crippen molar-refractivity contribution in [2.24, 2.45) is 0 Å². The lowest BCUT2D eigenvalue weighted by Crippen LogP contribution is -2.12. The minimum Gasteiger partial charge on any atom is -0.497 e. The van der Waals surface area contributed by atoms with Gasteiger partial charge in [-0.25, -0.2) is 0 Å². The number of hydrogen-bond acceptors (Lipinski definition) is 4. The average Bonchev–Trinajstić information content (AvgIpc) is 2.65. The van der Waals surface area contributed by atoms with Gasteiger partial charge in [-0.3, -0.25) is 0 Å². The summed E-state index contributed by atoms with van der Waals surface area (Å²) < 4.78 is 21.0. The molecule has 0 saturated carbocycles. The maximum Gasteiger partial charge on any atom is 0.126 e. The fourth-order valence-corrected chi connectivity index (χ4v) is 2.82. The van der Waals surface area contributed by atoms with Gasteiger partial charge in [0.05, 0.1) is 28.4 Å². The van der Waals surface area contributed by atoms with Gasteiger partial charge in [0, 0.05) is 11.6 Å². The molecule has 0 radical (unpaired) electrons. The first-order valence-electron chi connectivity index (χ1n) is 9.43. The van der Waals surface area contributed by atoms with E-state index in [2.05, 4.69) is 47.6 Å². The van der Waals surface area contributed by atoms with Crippen LogP contribution in [0.25, 0.3) is 0 Å². The maximum absolute atomic E-state index is 5.33. The fraction of sp³-hybridized carbons (Fsp3) is 0.500. The Kier molecular flexibility index (Phi) is 8.22. The zero-order chi connectivity index (χ0) is 21.5. The van der Waals surface area contributed by atoms with Crippen LogP contribution in [0.15, 0.2) is 36.4 Å². The molecule has 0 atom stereocenters. The van der Waals surface area contributed by atoms with E-state index >= 15 is 0 Å².